The summed E-state index contributed by atoms with van der Waals surface area (Å²) in [5, 5.41) is 5.81. The van der Waals surface area contributed by atoms with E-state index in [4.69, 9.17) is 12.2 Å². The van der Waals surface area contributed by atoms with Crippen molar-refractivity contribution in [1.29, 1.82) is 0 Å². The Bertz CT molecular complexity index is 728. The number of carbonyl (C=O) groups is 1. The zero-order chi connectivity index (χ0) is 17.4. The van der Waals surface area contributed by atoms with Gasteiger partial charge in [-0.05, 0) is 59.9 Å². The van der Waals surface area contributed by atoms with Crippen LogP contribution in [0, 0.1) is 5.82 Å². The number of benzene rings is 2. The highest BCUT2D eigenvalue weighted by molar-refractivity contribution is 7.98. The molecule has 2 aromatic rings. The lowest BCUT2D eigenvalue weighted by Crippen LogP contribution is -2.37. The molecular formula is C18H17FN2OS2. The summed E-state index contributed by atoms with van der Waals surface area (Å²) in [7, 11) is 0. The van der Waals surface area contributed by atoms with E-state index in [-0.39, 0.29) is 16.8 Å². The van der Waals surface area contributed by atoms with Gasteiger partial charge in [0.1, 0.15) is 5.82 Å². The van der Waals surface area contributed by atoms with Crippen molar-refractivity contribution < 1.29 is 9.18 Å². The molecule has 0 unspecified atom stereocenters. The first-order valence-electron chi connectivity index (χ1n) is 7.22. The molecule has 0 spiro atoms. The molecule has 2 rings (SSSR count). The Balaban J connectivity index is 1.78. The van der Waals surface area contributed by atoms with Crippen LogP contribution in [0.4, 0.5) is 4.39 Å². The summed E-state index contributed by atoms with van der Waals surface area (Å²) in [5.74, 6) is -0.651. The van der Waals surface area contributed by atoms with Crippen LogP contribution < -0.4 is 10.6 Å². The number of halogens is 1. The Labute approximate surface area is 150 Å². The topological polar surface area (TPSA) is 41.1 Å². The van der Waals surface area contributed by atoms with Gasteiger partial charge in [-0.1, -0.05) is 24.3 Å². The van der Waals surface area contributed by atoms with E-state index in [0.717, 1.165) is 11.1 Å². The van der Waals surface area contributed by atoms with Gasteiger partial charge in [0.2, 0.25) is 5.91 Å². The molecule has 1 amide bonds. The average molecular weight is 360 g/mol. The third-order valence-corrected chi connectivity index (χ3v) is 4.14. The predicted molar refractivity (Wildman–Crippen MR) is 101 cm³/mol. The van der Waals surface area contributed by atoms with Gasteiger partial charge in [-0.2, -0.15) is 0 Å². The van der Waals surface area contributed by atoms with Gasteiger partial charge >= 0.3 is 0 Å². The van der Waals surface area contributed by atoms with Gasteiger partial charge in [0.25, 0.3) is 0 Å². The maximum absolute atomic E-state index is 12.8. The normalized spacial score (nSPS) is 10.6. The third-order valence-electron chi connectivity index (χ3n) is 3.15. The monoisotopic (exact) mass is 360 g/mol. The van der Waals surface area contributed by atoms with Crippen molar-refractivity contribution in [3.8, 4) is 0 Å². The lowest BCUT2D eigenvalue weighted by atomic mass is 10.2. The highest BCUT2D eigenvalue weighted by atomic mass is 32.2. The van der Waals surface area contributed by atoms with Crippen LogP contribution in [0.5, 0.6) is 0 Å². The van der Waals surface area contributed by atoms with Gasteiger partial charge in [-0.25, -0.2) is 4.39 Å². The van der Waals surface area contributed by atoms with E-state index < -0.39 is 0 Å². The van der Waals surface area contributed by atoms with Crippen LogP contribution in [0.15, 0.2) is 59.5 Å². The maximum Gasteiger partial charge on any atom is 0.250 e. The first-order valence-corrected chi connectivity index (χ1v) is 8.85. The molecule has 0 aromatic heterocycles. The number of nitrogens with one attached hydrogen (secondary N) is 2. The van der Waals surface area contributed by atoms with E-state index >= 15 is 0 Å². The molecule has 0 bridgehead atoms. The van der Waals surface area contributed by atoms with E-state index in [9.17, 15) is 9.18 Å². The smallest absolute Gasteiger partial charge is 0.250 e. The number of rotatable bonds is 5. The van der Waals surface area contributed by atoms with Gasteiger partial charge in [0, 0.05) is 17.5 Å². The molecule has 0 aliphatic rings. The molecule has 0 radical (unpaired) electrons. The minimum Gasteiger partial charge on any atom is -0.358 e. The molecule has 2 aromatic carbocycles. The van der Waals surface area contributed by atoms with Gasteiger partial charge in [-0.3, -0.25) is 10.1 Å². The fraction of sp³-hybridized carbons (Fsp3) is 0.111. The summed E-state index contributed by atoms with van der Waals surface area (Å²) in [5.41, 5.74) is 1.81. The van der Waals surface area contributed by atoms with E-state index in [0.29, 0.717) is 6.54 Å². The van der Waals surface area contributed by atoms with Gasteiger partial charge in [0.05, 0.1) is 0 Å². The minimum atomic E-state index is -0.338. The quantitative estimate of drug-likeness (QED) is 0.484. The van der Waals surface area contributed by atoms with Gasteiger partial charge < -0.3 is 5.32 Å². The fourth-order valence-electron chi connectivity index (χ4n) is 1.87. The second-order valence-corrected chi connectivity index (χ2v) is 6.19. The molecule has 0 aliphatic heterocycles. The van der Waals surface area contributed by atoms with Crippen LogP contribution >= 0.6 is 24.0 Å². The molecule has 0 aliphatic carbocycles. The lowest BCUT2D eigenvalue weighted by molar-refractivity contribution is -0.115. The molecule has 6 heteroatoms. The van der Waals surface area contributed by atoms with E-state index in [1.165, 1.54) is 23.1 Å². The van der Waals surface area contributed by atoms with Crippen LogP contribution in [-0.2, 0) is 11.3 Å². The van der Waals surface area contributed by atoms with E-state index in [1.54, 1.807) is 30.0 Å². The Kier molecular flexibility index (Phi) is 6.96. The highest BCUT2D eigenvalue weighted by Gasteiger charge is 2.01. The number of hydrogen-bond acceptors (Lipinski definition) is 3. The second-order valence-electron chi connectivity index (χ2n) is 4.90. The van der Waals surface area contributed by atoms with Crippen molar-refractivity contribution in [1.82, 2.24) is 10.6 Å². The SMILES string of the molecule is CSc1ccc(CNC(=S)NC(=O)/C=C/c2ccc(F)cc2)cc1. The average Bonchev–Trinajstić information content (AvgIpc) is 2.60. The van der Waals surface area contributed by atoms with Crippen molar-refractivity contribution in [3.05, 3.63) is 71.6 Å². The molecule has 3 nitrogen and oxygen atoms in total. The van der Waals surface area contributed by atoms with Crippen LogP contribution in [0.25, 0.3) is 6.08 Å². The molecule has 24 heavy (non-hydrogen) atoms. The van der Waals surface area contributed by atoms with Crippen molar-refractivity contribution in [3.63, 3.8) is 0 Å². The van der Waals surface area contributed by atoms with Crippen molar-refractivity contribution in [2.24, 2.45) is 0 Å². The Morgan fingerprint density at radius 2 is 1.83 bits per heavy atom. The fourth-order valence-corrected chi connectivity index (χ4v) is 2.45. The summed E-state index contributed by atoms with van der Waals surface area (Å²) in [6.45, 7) is 0.537. The molecule has 0 saturated heterocycles. The second kappa shape index (κ2) is 9.20. The Morgan fingerprint density at radius 1 is 1.17 bits per heavy atom. The number of carbonyl (C=O) groups excluding carboxylic acids is 1. The first-order chi connectivity index (χ1) is 11.6. The largest absolute Gasteiger partial charge is 0.358 e. The zero-order valence-electron chi connectivity index (χ0n) is 13.1. The molecule has 0 atom stereocenters. The summed E-state index contributed by atoms with van der Waals surface area (Å²) in [6.07, 6.45) is 4.98. The predicted octanol–water partition coefficient (Wildman–Crippen LogP) is 3.75. The van der Waals surface area contributed by atoms with Crippen LogP contribution in [0.1, 0.15) is 11.1 Å². The van der Waals surface area contributed by atoms with E-state index in [2.05, 4.69) is 10.6 Å². The van der Waals surface area contributed by atoms with Crippen molar-refractivity contribution >= 4 is 41.1 Å². The lowest BCUT2D eigenvalue weighted by Gasteiger charge is -2.08. The number of thiocarbonyl (C=S) groups is 1. The molecule has 0 heterocycles. The maximum atomic E-state index is 12.8. The summed E-state index contributed by atoms with van der Waals surface area (Å²) in [6, 6.07) is 14.0. The standard InChI is InChI=1S/C18H17FN2OS2/c1-24-16-9-4-14(5-10-16)12-20-18(23)21-17(22)11-6-13-2-7-15(19)8-3-13/h2-11H,12H2,1H3,(H2,20,21,22,23)/b11-6+. The molecular weight excluding hydrogens is 343 g/mol. The highest BCUT2D eigenvalue weighted by Crippen LogP contribution is 2.14. The number of thioether (sulfide) groups is 1. The molecule has 124 valence electrons. The van der Waals surface area contributed by atoms with Crippen LogP contribution in [0.3, 0.4) is 0 Å². The molecule has 0 saturated carbocycles. The molecule has 0 fully saturated rings. The first kappa shape index (κ1) is 18.2. The molecule has 2 N–H and O–H groups in total. The zero-order valence-corrected chi connectivity index (χ0v) is 14.7. The van der Waals surface area contributed by atoms with Crippen molar-refractivity contribution in [2.45, 2.75) is 11.4 Å². The minimum absolute atomic E-state index is 0.262. The number of hydrogen-bond donors (Lipinski definition) is 2. The summed E-state index contributed by atoms with van der Waals surface area (Å²) in [4.78, 5) is 13.0. The third kappa shape index (κ3) is 6.14. The van der Waals surface area contributed by atoms with Gasteiger partial charge in [0.15, 0.2) is 5.11 Å². The summed E-state index contributed by atoms with van der Waals surface area (Å²) < 4.78 is 12.8. The Hall–Kier alpha value is -2.18. The van der Waals surface area contributed by atoms with Crippen LogP contribution in [-0.4, -0.2) is 17.3 Å². The van der Waals surface area contributed by atoms with Crippen molar-refractivity contribution in [2.75, 3.05) is 6.26 Å². The number of amides is 1. The summed E-state index contributed by atoms with van der Waals surface area (Å²) >= 11 is 6.78. The van der Waals surface area contributed by atoms with Crippen LogP contribution in [0.2, 0.25) is 0 Å². The van der Waals surface area contributed by atoms with E-state index in [1.807, 2.05) is 30.5 Å². The Morgan fingerprint density at radius 3 is 2.46 bits per heavy atom. The van der Waals surface area contributed by atoms with Gasteiger partial charge in [-0.15, -0.1) is 11.8 Å².